The lowest BCUT2D eigenvalue weighted by Crippen LogP contribution is -2.27. The number of nitro groups is 1. The van der Waals surface area contributed by atoms with Crippen molar-refractivity contribution in [3.05, 3.63) is 74.3 Å². The largest absolute Gasteiger partial charge is 0.350 e. The van der Waals surface area contributed by atoms with Crippen LogP contribution in [-0.4, -0.2) is 36.9 Å². The fourth-order valence-corrected chi connectivity index (χ4v) is 2.85. The molecule has 146 valence electrons. The Morgan fingerprint density at radius 1 is 1.29 bits per heavy atom. The highest BCUT2D eigenvalue weighted by Gasteiger charge is 2.11. The van der Waals surface area contributed by atoms with Crippen LogP contribution in [0.2, 0.25) is 5.02 Å². The highest BCUT2D eigenvalue weighted by molar-refractivity contribution is 6.31. The normalized spacial score (nSPS) is 10.8. The maximum Gasteiger partial charge on any atom is 0.306 e. The monoisotopic (exact) mass is 402 g/mol. The van der Waals surface area contributed by atoms with Gasteiger partial charge in [0.05, 0.1) is 34.4 Å². The lowest BCUT2D eigenvalue weighted by atomic mass is 10.1. The highest BCUT2D eigenvalue weighted by atomic mass is 35.5. The topological polar surface area (TPSA) is 108 Å². The van der Waals surface area contributed by atoms with Gasteiger partial charge in [-0.2, -0.15) is 10.2 Å². The molecule has 3 rings (SSSR count). The quantitative estimate of drug-likeness (QED) is 0.483. The minimum atomic E-state index is -0.510. The van der Waals surface area contributed by atoms with Crippen molar-refractivity contribution in [2.24, 2.45) is 0 Å². The second kappa shape index (κ2) is 8.22. The van der Waals surface area contributed by atoms with Crippen molar-refractivity contribution < 1.29 is 9.72 Å². The third-order valence-corrected chi connectivity index (χ3v) is 4.85. The van der Waals surface area contributed by atoms with Crippen LogP contribution in [0.1, 0.15) is 27.3 Å². The van der Waals surface area contributed by atoms with Gasteiger partial charge < -0.3 is 5.32 Å². The summed E-state index contributed by atoms with van der Waals surface area (Å²) in [7, 11) is 0. The van der Waals surface area contributed by atoms with Crippen molar-refractivity contribution in [2.45, 2.75) is 26.9 Å². The lowest BCUT2D eigenvalue weighted by Gasteiger charge is -2.08. The second-order valence-electron chi connectivity index (χ2n) is 6.31. The van der Waals surface area contributed by atoms with Crippen LogP contribution in [0.25, 0.3) is 0 Å². The van der Waals surface area contributed by atoms with Gasteiger partial charge in [0.15, 0.2) is 0 Å². The zero-order valence-corrected chi connectivity index (χ0v) is 16.2. The third kappa shape index (κ3) is 4.37. The number of aryl methyl sites for hydroxylation is 1. The van der Waals surface area contributed by atoms with Gasteiger partial charge in [-0.05, 0) is 31.5 Å². The molecule has 28 heavy (non-hydrogen) atoms. The van der Waals surface area contributed by atoms with E-state index in [-0.39, 0.29) is 11.6 Å². The molecule has 0 saturated heterocycles. The summed E-state index contributed by atoms with van der Waals surface area (Å²) in [6.07, 6.45) is 2.50. The lowest BCUT2D eigenvalue weighted by molar-refractivity contribution is -0.385. The van der Waals surface area contributed by atoms with Crippen LogP contribution in [0.15, 0.2) is 36.7 Å². The number of aromatic nitrogens is 4. The molecule has 10 heteroatoms. The summed E-state index contributed by atoms with van der Waals surface area (Å²) in [4.78, 5) is 22.4. The van der Waals surface area contributed by atoms with E-state index in [2.05, 4.69) is 15.5 Å². The van der Waals surface area contributed by atoms with Gasteiger partial charge in [-0.1, -0.05) is 23.7 Å². The van der Waals surface area contributed by atoms with Crippen LogP contribution in [0.5, 0.6) is 0 Å². The summed E-state index contributed by atoms with van der Waals surface area (Å²) in [6, 6.07) is 7.24. The summed E-state index contributed by atoms with van der Waals surface area (Å²) < 4.78 is 3.25. The Morgan fingerprint density at radius 3 is 2.57 bits per heavy atom. The molecule has 3 aromatic rings. The molecule has 0 aliphatic carbocycles. The van der Waals surface area contributed by atoms with Crippen molar-refractivity contribution in [1.29, 1.82) is 0 Å². The molecule has 1 aromatic carbocycles. The summed E-state index contributed by atoms with van der Waals surface area (Å²) in [5.41, 5.74) is 3.15. The van der Waals surface area contributed by atoms with Gasteiger partial charge in [-0.15, -0.1) is 0 Å². The minimum Gasteiger partial charge on any atom is -0.350 e. The first-order valence-corrected chi connectivity index (χ1v) is 8.96. The van der Waals surface area contributed by atoms with E-state index in [1.807, 2.05) is 30.7 Å². The standard InChI is InChI=1S/C18H19ClN6O3/c1-12-17(19)13(2)24(22-12)10-14-3-5-15(6-4-14)18(26)20-7-8-23-11-16(9-21-23)25(27)28/h3-6,9,11H,7-8,10H2,1-2H3,(H,20,26). The Kier molecular flexibility index (Phi) is 5.74. The maximum atomic E-state index is 12.2. The van der Waals surface area contributed by atoms with Gasteiger partial charge in [0.1, 0.15) is 12.4 Å². The molecule has 0 fully saturated rings. The van der Waals surface area contributed by atoms with Gasteiger partial charge in [0.25, 0.3) is 5.91 Å². The van der Waals surface area contributed by atoms with Crippen molar-refractivity contribution in [2.75, 3.05) is 6.54 Å². The molecule has 0 atom stereocenters. The number of carbonyl (C=O) groups is 1. The van der Waals surface area contributed by atoms with Gasteiger partial charge in [0, 0.05) is 12.1 Å². The number of nitrogens with one attached hydrogen (secondary N) is 1. The average molecular weight is 403 g/mol. The van der Waals surface area contributed by atoms with E-state index >= 15 is 0 Å². The van der Waals surface area contributed by atoms with Crippen molar-refractivity contribution in [3.8, 4) is 0 Å². The first-order valence-electron chi connectivity index (χ1n) is 8.58. The molecule has 2 heterocycles. The fraction of sp³-hybridized carbons (Fsp3) is 0.278. The molecule has 0 aliphatic rings. The van der Waals surface area contributed by atoms with E-state index in [0.29, 0.717) is 30.2 Å². The van der Waals surface area contributed by atoms with Gasteiger partial charge in [-0.25, -0.2) is 0 Å². The number of amides is 1. The summed E-state index contributed by atoms with van der Waals surface area (Å²) >= 11 is 6.17. The third-order valence-electron chi connectivity index (χ3n) is 4.30. The molecule has 9 nitrogen and oxygen atoms in total. The van der Waals surface area contributed by atoms with E-state index < -0.39 is 4.92 Å². The molecular formula is C18H19ClN6O3. The fourth-order valence-electron chi connectivity index (χ4n) is 2.72. The molecule has 0 spiro atoms. The van der Waals surface area contributed by atoms with E-state index in [1.54, 1.807) is 12.1 Å². The predicted molar refractivity (Wildman–Crippen MR) is 103 cm³/mol. The van der Waals surface area contributed by atoms with Crippen LogP contribution in [0.3, 0.4) is 0 Å². The first-order chi connectivity index (χ1) is 13.3. The first kappa shape index (κ1) is 19.6. The molecule has 0 bridgehead atoms. The summed E-state index contributed by atoms with van der Waals surface area (Å²) in [5.74, 6) is -0.220. The van der Waals surface area contributed by atoms with Crippen LogP contribution in [0, 0.1) is 24.0 Å². The Balaban J connectivity index is 1.54. The number of hydrogen-bond acceptors (Lipinski definition) is 5. The Hall–Kier alpha value is -3.20. The number of rotatable bonds is 7. The number of nitrogens with zero attached hydrogens (tertiary/aromatic N) is 5. The van der Waals surface area contributed by atoms with Crippen molar-refractivity contribution >= 4 is 23.2 Å². The van der Waals surface area contributed by atoms with Crippen molar-refractivity contribution in [3.63, 3.8) is 0 Å². The Labute approximate surface area is 166 Å². The van der Waals surface area contributed by atoms with Gasteiger partial charge in [-0.3, -0.25) is 24.3 Å². The number of carbonyl (C=O) groups excluding carboxylic acids is 1. The summed E-state index contributed by atoms with van der Waals surface area (Å²) in [6.45, 7) is 5.00. The predicted octanol–water partition coefficient (Wildman–Crippen LogP) is 2.74. The van der Waals surface area contributed by atoms with Gasteiger partial charge >= 0.3 is 5.69 Å². The van der Waals surface area contributed by atoms with E-state index in [0.717, 1.165) is 17.0 Å². The molecule has 1 N–H and O–H groups in total. The molecule has 0 aliphatic heterocycles. The van der Waals surface area contributed by atoms with Crippen LogP contribution >= 0.6 is 11.6 Å². The van der Waals surface area contributed by atoms with Crippen LogP contribution in [0.4, 0.5) is 5.69 Å². The van der Waals surface area contributed by atoms with E-state index in [9.17, 15) is 14.9 Å². The van der Waals surface area contributed by atoms with E-state index in [1.165, 1.54) is 17.1 Å². The Morgan fingerprint density at radius 2 is 2.00 bits per heavy atom. The maximum absolute atomic E-state index is 12.2. The average Bonchev–Trinajstić information content (AvgIpc) is 3.24. The second-order valence-corrected chi connectivity index (χ2v) is 6.69. The SMILES string of the molecule is Cc1nn(Cc2ccc(C(=O)NCCn3cc([N+](=O)[O-])cn3)cc2)c(C)c1Cl. The number of halogens is 1. The zero-order chi connectivity index (χ0) is 20.3. The molecule has 2 aromatic heterocycles. The Bertz CT molecular complexity index is 1010. The highest BCUT2D eigenvalue weighted by Crippen LogP contribution is 2.20. The van der Waals surface area contributed by atoms with Crippen molar-refractivity contribution in [1.82, 2.24) is 24.9 Å². The zero-order valence-electron chi connectivity index (χ0n) is 15.4. The van der Waals surface area contributed by atoms with E-state index in [4.69, 9.17) is 11.6 Å². The smallest absolute Gasteiger partial charge is 0.306 e. The van der Waals surface area contributed by atoms with Crippen LogP contribution < -0.4 is 5.32 Å². The number of benzene rings is 1. The van der Waals surface area contributed by atoms with Gasteiger partial charge in [0.2, 0.25) is 0 Å². The summed E-state index contributed by atoms with van der Waals surface area (Å²) in [5, 5.41) is 22.3. The molecule has 1 amide bonds. The molecule has 0 unspecified atom stereocenters. The van der Waals surface area contributed by atoms with Crippen LogP contribution in [-0.2, 0) is 13.1 Å². The number of hydrogen-bond donors (Lipinski definition) is 1. The molecule has 0 saturated carbocycles. The minimum absolute atomic E-state index is 0.0779. The molecular weight excluding hydrogens is 384 g/mol. The molecule has 0 radical (unpaired) electrons.